The Kier molecular flexibility index (Phi) is 2.47. The van der Waals surface area contributed by atoms with Crippen LogP contribution in [0.25, 0.3) is 0 Å². The highest BCUT2D eigenvalue weighted by molar-refractivity contribution is 5.34. The van der Waals surface area contributed by atoms with Crippen molar-refractivity contribution in [3.05, 3.63) is 23.5 Å². The molecule has 2 nitrogen and oxygen atoms in total. The molecule has 0 aliphatic carbocycles. The Morgan fingerprint density at radius 3 is 2.91 bits per heavy atom. The maximum absolute atomic E-state index is 5.33. The molecular formula is C9H12NO. The molecule has 0 spiro atoms. The molecule has 0 bridgehead atoms. The van der Waals surface area contributed by atoms with Crippen molar-refractivity contribution < 1.29 is 4.74 Å². The molecule has 0 saturated carbocycles. The zero-order chi connectivity index (χ0) is 8.27. The minimum atomic E-state index is 0.686. The maximum atomic E-state index is 5.33. The highest BCUT2D eigenvalue weighted by atomic mass is 16.5. The van der Waals surface area contributed by atoms with Gasteiger partial charge in [-0.1, -0.05) is 0 Å². The molecule has 2 heteroatoms. The van der Waals surface area contributed by atoms with Crippen molar-refractivity contribution in [3.8, 4) is 5.75 Å². The van der Waals surface area contributed by atoms with E-state index in [1.54, 1.807) is 6.20 Å². The van der Waals surface area contributed by atoms with E-state index in [4.69, 9.17) is 4.74 Å². The Morgan fingerprint density at radius 1 is 1.55 bits per heavy atom. The Hall–Kier alpha value is -1.05. The van der Waals surface area contributed by atoms with Gasteiger partial charge < -0.3 is 4.74 Å². The summed E-state index contributed by atoms with van der Waals surface area (Å²) in [7, 11) is 0. The Balaban J connectivity index is 2.96. The summed E-state index contributed by atoms with van der Waals surface area (Å²) >= 11 is 0. The van der Waals surface area contributed by atoms with Crippen LogP contribution in [0, 0.1) is 20.0 Å². The van der Waals surface area contributed by atoms with E-state index in [1.165, 1.54) is 0 Å². The summed E-state index contributed by atoms with van der Waals surface area (Å²) < 4.78 is 5.33. The van der Waals surface area contributed by atoms with Crippen LogP contribution in [0.15, 0.2) is 6.20 Å². The number of pyridine rings is 1. The first-order valence-electron chi connectivity index (χ1n) is 3.72. The van der Waals surface area contributed by atoms with Gasteiger partial charge in [0.2, 0.25) is 0 Å². The molecule has 1 rings (SSSR count). The van der Waals surface area contributed by atoms with E-state index < -0.39 is 0 Å². The van der Waals surface area contributed by atoms with Crippen LogP contribution < -0.4 is 4.74 Å². The van der Waals surface area contributed by atoms with E-state index in [0.29, 0.717) is 6.61 Å². The fourth-order valence-corrected chi connectivity index (χ4v) is 0.854. The first-order chi connectivity index (χ1) is 5.25. The van der Waals surface area contributed by atoms with Gasteiger partial charge in [-0.25, -0.2) is 0 Å². The van der Waals surface area contributed by atoms with Crippen LogP contribution in [0.4, 0.5) is 0 Å². The molecule has 0 aliphatic heterocycles. The van der Waals surface area contributed by atoms with Gasteiger partial charge in [0.25, 0.3) is 0 Å². The maximum Gasteiger partial charge on any atom is 0.140 e. The van der Waals surface area contributed by atoms with E-state index in [0.717, 1.165) is 16.9 Å². The summed E-state index contributed by atoms with van der Waals surface area (Å²) in [5.41, 5.74) is 2.18. The molecule has 1 radical (unpaired) electrons. The summed E-state index contributed by atoms with van der Waals surface area (Å²) in [6.45, 7) is 6.64. The SMILES string of the molecule is CCOc1cn[c]c(C)c1C. The lowest BCUT2D eigenvalue weighted by molar-refractivity contribution is 0.336. The topological polar surface area (TPSA) is 22.1 Å². The van der Waals surface area contributed by atoms with Gasteiger partial charge in [0, 0.05) is 0 Å². The Bertz CT molecular complexity index is 245. The van der Waals surface area contributed by atoms with Crippen LogP contribution in [0.5, 0.6) is 5.75 Å². The number of aromatic nitrogens is 1. The molecule has 0 fully saturated rings. The van der Waals surface area contributed by atoms with Gasteiger partial charge in [-0.2, -0.15) is 0 Å². The highest BCUT2D eigenvalue weighted by Gasteiger charge is 2.00. The van der Waals surface area contributed by atoms with Crippen molar-refractivity contribution in [1.29, 1.82) is 0 Å². The molecule has 1 heterocycles. The molecule has 0 atom stereocenters. The van der Waals surface area contributed by atoms with Crippen LogP contribution in [0.1, 0.15) is 18.1 Å². The van der Waals surface area contributed by atoms with Crippen molar-refractivity contribution in [2.24, 2.45) is 0 Å². The summed E-state index contributed by atoms with van der Waals surface area (Å²) in [6.07, 6.45) is 4.57. The van der Waals surface area contributed by atoms with Crippen molar-refractivity contribution in [2.45, 2.75) is 20.8 Å². The molecule has 0 N–H and O–H groups in total. The van der Waals surface area contributed by atoms with Crippen LogP contribution >= 0.6 is 0 Å². The molecule has 11 heavy (non-hydrogen) atoms. The lowest BCUT2D eigenvalue weighted by Gasteiger charge is -2.06. The first-order valence-corrected chi connectivity index (χ1v) is 3.72. The first kappa shape index (κ1) is 8.05. The lowest BCUT2D eigenvalue weighted by atomic mass is 10.2. The molecule has 0 unspecified atom stereocenters. The summed E-state index contributed by atoms with van der Waals surface area (Å²) in [6, 6.07) is 0. The molecule has 1 aromatic heterocycles. The standard InChI is InChI=1S/C9H12NO/c1-4-11-9-6-10-5-7(2)8(9)3/h6H,4H2,1-3H3. The van der Waals surface area contributed by atoms with Gasteiger partial charge in [-0.05, 0) is 31.9 Å². The molecule has 0 saturated heterocycles. The number of rotatable bonds is 2. The van der Waals surface area contributed by atoms with E-state index in [1.807, 2.05) is 20.8 Å². The zero-order valence-corrected chi connectivity index (χ0v) is 7.14. The fourth-order valence-electron chi connectivity index (χ4n) is 0.854. The lowest BCUT2D eigenvalue weighted by Crippen LogP contribution is -1.96. The van der Waals surface area contributed by atoms with E-state index in [2.05, 4.69) is 11.2 Å². The molecule has 0 amide bonds. The molecular weight excluding hydrogens is 138 g/mol. The van der Waals surface area contributed by atoms with Gasteiger partial charge in [-0.15, -0.1) is 0 Å². The van der Waals surface area contributed by atoms with Crippen LogP contribution in [-0.4, -0.2) is 11.6 Å². The third-order valence-electron chi connectivity index (χ3n) is 1.65. The minimum absolute atomic E-state index is 0.686. The van der Waals surface area contributed by atoms with Crippen LogP contribution in [0.2, 0.25) is 0 Å². The van der Waals surface area contributed by atoms with Crippen LogP contribution in [0.3, 0.4) is 0 Å². The van der Waals surface area contributed by atoms with Gasteiger partial charge >= 0.3 is 0 Å². The van der Waals surface area contributed by atoms with E-state index in [-0.39, 0.29) is 0 Å². The Morgan fingerprint density at radius 2 is 2.27 bits per heavy atom. The van der Waals surface area contributed by atoms with Gasteiger partial charge in [-0.3, -0.25) is 4.98 Å². The fraction of sp³-hybridized carbons (Fsp3) is 0.444. The van der Waals surface area contributed by atoms with Crippen LogP contribution in [-0.2, 0) is 0 Å². The smallest absolute Gasteiger partial charge is 0.140 e. The Labute approximate surface area is 67.2 Å². The molecule has 0 aliphatic rings. The summed E-state index contributed by atoms with van der Waals surface area (Å²) in [5, 5.41) is 0. The second-order valence-electron chi connectivity index (χ2n) is 2.42. The van der Waals surface area contributed by atoms with Gasteiger partial charge in [0.1, 0.15) is 5.75 Å². The summed E-state index contributed by atoms with van der Waals surface area (Å²) in [4.78, 5) is 3.91. The normalized spacial score (nSPS) is 9.73. The monoisotopic (exact) mass is 150 g/mol. The number of aryl methyl sites for hydroxylation is 1. The number of nitrogens with zero attached hydrogens (tertiary/aromatic N) is 1. The van der Waals surface area contributed by atoms with Crippen molar-refractivity contribution >= 4 is 0 Å². The van der Waals surface area contributed by atoms with Crippen molar-refractivity contribution in [3.63, 3.8) is 0 Å². The predicted molar refractivity (Wildman–Crippen MR) is 43.7 cm³/mol. The quantitative estimate of drug-likeness (QED) is 0.642. The molecule has 1 aromatic rings. The molecule has 59 valence electrons. The number of hydrogen-bond acceptors (Lipinski definition) is 2. The average Bonchev–Trinajstić information content (AvgIpc) is 1.99. The zero-order valence-electron chi connectivity index (χ0n) is 7.14. The summed E-state index contributed by atoms with van der Waals surface area (Å²) in [5.74, 6) is 0.865. The predicted octanol–water partition coefficient (Wildman–Crippen LogP) is 1.90. The van der Waals surface area contributed by atoms with E-state index >= 15 is 0 Å². The van der Waals surface area contributed by atoms with Crippen molar-refractivity contribution in [1.82, 2.24) is 4.98 Å². The second-order valence-corrected chi connectivity index (χ2v) is 2.42. The van der Waals surface area contributed by atoms with Gasteiger partial charge in [0.15, 0.2) is 0 Å². The van der Waals surface area contributed by atoms with E-state index in [9.17, 15) is 0 Å². The highest BCUT2D eigenvalue weighted by Crippen LogP contribution is 2.17. The molecule has 0 aromatic carbocycles. The largest absolute Gasteiger partial charge is 0.492 e. The van der Waals surface area contributed by atoms with Crippen molar-refractivity contribution in [2.75, 3.05) is 6.61 Å². The number of ether oxygens (including phenoxy) is 1. The average molecular weight is 150 g/mol. The number of hydrogen-bond donors (Lipinski definition) is 0. The van der Waals surface area contributed by atoms with Gasteiger partial charge in [0.05, 0.1) is 19.0 Å². The third kappa shape index (κ3) is 1.70. The second kappa shape index (κ2) is 3.37. The third-order valence-corrected chi connectivity index (χ3v) is 1.65. The minimum Gasteiger partial charge on any atom is -0.492 e.